The summed E-state index contributed by atoms with van der Waals surface area (Å²) in [5, 5.41) is 12.9. The van der Waals surface area contributed by atoms with Gasteiger partial charge in [-0.1, -0.05) is 6.07 Å². The van der Waals surface area contributed by atoms with E-state index in [0.29, 0.717) is 30.8 Å². The number of rotatable bonds is 3. The number of amides is 1. The van der Waals surface area contributed by atoms with E-state index in [0.717, 1.165) is 4.88 Å². The van der Waals surface area contributed by atoms with Crippen LogP contribution in [0, 0.1) is 0 Å². The molecule has 0 N–H and O–H groups in total. The van der Waals surface area contributed by atoms with E-state index in [1.807, 2.05) is 17.5 Å². The van der Waals surface area contributed by atoms with Crippen LogP contribution in [0.25, 0.3) is 10.6 Å². The van der Waals surface area contributed by atoms with E-state index >= 15 is 0 Å². The van der Waals surface area contributed by atoms with Gasteiger partial charge in [0.1, 0.15) is 11.4 Å². The Morgan fingerprint density at radius 3 is 2.86 bits per heavy atom. The number of thiophene rings is 1. The lowest BCUT2D eigenvalue weighted by Gasteiger charge is -2.31. The van der Waals surface area contributed by atoms with Crippen LogP contribution in [0.1, 0.15) is 41.0 Å². The molecule has 28 heavy (non-hydrogen) atoms. The van der Waals surface area contributed by atoms with Crippen LogP contribution in [0.2, 0.25) is 0 Å². The van der Waals surface area contributed by atoms with E-state index in [1.165, 1.54) is 16.0 Å². The number of carbonyl (C=O) groups excluding carboxylic acids is 1. The Morgan fingerprint density at radius 2 is 2.18 bits per heavy atom. The first-order valence-corrected chi connectivity index (χ1v) is 9.48. The summed E-state index contributed by atoms with van der Waals surface area (Å²) in [4.78, 5) is 15.5. The Hall–Kier alpha value is -2.69. The van der Waals surface area contributed by atoms with Gasteiger partial charge < -0.3 is 9.32 Å². The van der Waals surface area contributed by atoms with E-state index in [1.54, 1.807) is 18.0 Å². The second kappa shape index (κ2) is 7.04. The molecule has 1 fully saturated rings. The van der Waals surface area contributed by atoms with Gasteiger partial charge in [0.15, 0.2) is 0 Å². The third-order valence-electron chi connectivity index (χ3n) is 4.61. The van der Waals surface area contributed by atoms with E-state index in [4.69, 9.17) is 4.42 Å². The average Bonchev–Trinajstić information content (AvgIpc) is 3.40. The number of alkyl halides is 3. The Labute approximate surface area is 161 Å². The monoisotopic (exact) mass is 411 g/mol. The molecule has 1 unspecified atom stereocenters. The Bertz CT molecular complexity index is 979. The van der Waals surface area contributed by atoms with Gasteiger partial charge in [-0.2, -0.15) is 18.3 Å². The van der Waals surface area contributed by atoms with Crippen LogP contribution in [-0.2, 0) is 13.2 Å². The predicted molar refractivity (Wildman–Crippen MR) is 93.7 cm³/mol. The van der Waals surface area contributed by atoms with Crippen molar-refractivity contribution in [1.29, 1.82) is 0 Å². The molecule has 3 aromatic rings. The summed E-state index contributed by atoms with van der Waals surface area (Å²) in [7, 11) is 1.69. The van der Waals surface area contributed by atoms with Crippen molar-refractivity contribution in [2.75, 3.05) is 13.1 Å². The summed E-state index contributed by atoms with van der Waals surface area (Å²) in [5.41, 5.74) is 1.13. The molecule has 4 rings (SSSR count). The third-order valence-corrected chi connectivity index (χ3v) is 5.51. The number of likely N-dealkylation sites (tertiary alicyclic amines) is 1. The number of piperidine rings is 1. The minimum absolute atomic E-state index is 0.0888. The Morgan fingerprint density at radius 1 is 1.36 bits per heavy atom. The average molecular weight is 411 g/mol. The SMILES string of the molecule is Cn1nc(-c2cccs2)cc1C(=O)N1CCCC(c2nnc(C(F)(F)F)o2)C1. The Balaban J connectivity index is 1.52. The van der Waals surface area contributed by atoms with Crippen molar-refractivity contribution in [2.45, 2.75) is 24.9 Å². The number of carbonyl (C=O) groups is 1. The summed E-state index contributed by atoms with van der Waals surface area (Å²) >= 11 is 1.53. The minimum atomic E-state index is -4.68. The maximum Gasteiger partial charge on any atom is 0.470 e. The van der Waals surface area contributed by atoms with Gasteiger partial charge in [-0.3, -0.25) is 9.48 Å². The first-order valence-electron chi connectivity index (χ1n) is 8.60. The molecule has 11 heteroatoms. The molecule has 0 spiro atoms. The van der Waals surface area contributed by atoms with Gasteiger partial charge in [0.2, 0.25) is 5.89 Å². The molecule has 0 aliphatic carbocycles. The molecule has 7 nitrogen and oxygen atoms in total. The highest BCUT2D eigenvalue weighted by atomic mass is 32.1. The largest absolute Gasteiger partial charge is 0.470 e. The van der Waals surface area contributed by atoms with E-state index in [2.05, 4.69) is 15.3 Å². The van der Waals surface area contributed by atoms with Crippen LogP contribution in [0.5, 0.6) is 0 Å². The fourth-order valence-corrected chi connectivity index (χ4v) is 3.93. The molecule has 1 aliphatic rings. The van der Waals surface area contributed by atoms with Crippen LogP contribution < -0.4 is 0 Å². The van der Waals surface area contributed by atoms with Crippen molar-refractivity contribution in [2.24, 2.45) is 7.05 Å². The summed E-state index contributed by atoms with van der Waals surface area (Å²) in [5.74, 6) is -2.10. The van der Waals surface area contributed by atoms with E-state index in [-0.39, 0.29) is 18.3 Å². The molecule has 0 bridgehead atoms. The lowest BCUT2D eigenvalue weighted by atomic mass is 9.98. The molecule has 0 radical (unpaired) electrons. The molecule has 148 valence electrons. The zero-order chi connectivity index (χ0) is 19.9. The van der Waals surface area contributed by atoms with Crippen molar-refractivity contribution in [3.63, 3.8) is 0 Å². The van der Waals surface area contributed by atoms with Gasteiger partial charge in [-0.25, -0.2) is 0 Å². The molecule has 0 aromatic carbocycles. The molecule has 1 saturated heterocycles. The number of aryl methyl sites for hydroxylation is 1. The number of nitrogens with zero attached hydrogens (tertiary/aromatic N) is 5. The second-order valence-electron chi connectivity index (χ2n) is 6.55. The molecule has 1 amide bonds. The van der Waals surface area contributed by atoms with E-state index in [9.17, 15) is 18.0 Å². The standard InChI is InChI=1S/C17H16F3N5O2S/c1-24-12(8-11(23-24)13-5-3-7-28-13)15(26)25-6-2-4-10(9-25)14-21-22-16(27-14)17(18,19)20/h3,5,7-8,10H,2,4,6,9H2,1H3. The second-order valence-corrected chi connectivity index (χ2v) is 7.50. The fraction of sp³-hybridized carbons (Fsp3) is 0.412. The first-order chi connectivity index (χ1) is 13.3. The molecular weight excluding hydrogens is 395 g/mol. The zero-order valence-corrected chi connectivity index (χ0v) is 15.6. The molecule has 4 heterocycles. The van der Waals surface area contributed by atoms with Crippen LogP contribution in [-0.4, -0.2) is 43.9 Å². The predicted octanol–water partition coefficient (Wildman–Crippen LogP) is 3.57. The summed E-state index contributed by atoms with van der Waals surface area (Å²) in [6.07, 6.45) is -3.47. The molecule has 1 aliphatic heterocycles. The van der Waals surface area contributed by atoms with Crippen LogP contribution in [0.15, 0.2) is 28.0 Å². The molecule has 1 atom stereocenters. The lowest BCUT2D eigenvalue weighted by molar-refractivity contribution is -0.157. The number of aromatic nitrogens is 4. The van der Waals surface area contributed by atoms with Crippen molar-refractivity contribution < 1.29 is 22.4 Å². The normalized spacial score (nSPS) is 17.9. The summed E-state index contributed by atoms with van der Waals surface area (Å²) < 4.78 is 44.4. The summed E-state index contributed by atoms with van der Waals surface area (Å²) in [6.45, 7) is 0.729. The van der Waals surface area contributed by atoms with Gasteiger partial charge in [0.25, 0.3) is 5.91 Å². The highest BCUT2D eigenvalue weighted by Crippen LogP contribution is 2.32. The van der Waals surface area contributed by atoms with Crippen LogP contribution in [0.3, 0.4) is 0 Å². The lowest BCUT2D eigenvalue weighted by Crippen LogP contribution is -2.40. The Kier molecular flexibility index (Phi) is 4.69. The van der Waals surface area contributed by atoms with Gasteiger partial charge in [0, 0.05) is 20.1 Å². The van der Waals surface area contributed by atoms with Crippen molar-refractivity contribution in [3.8, 4) is 10.6 Å². The minimum Gasteiger partial charge on any atom is -0.417 e. The van der Waals surface area contributed by atoms with Gasteiger partial charge in [-0.15, -0.1) is 21.5 Å². The molecular formula is C17H16F3N5O2S. The maximum absolute atomic E-state index is 13.0. The molecule has 3 aromatic heterocycles. The smallest absolute Gasteiger partial charge is 0.417 e. The van der Waals surface area contributed by atoms with Crippen molar-refractivity contribution in [1.82, 2.24) is 24.9 Å². The zero-order valence-electron chi connectivity index (χ0n) is 14.8. The van der Waals surface area contributed by atoms with Crippen LogP contribution >= 0.6 is 11.3 Å². The topological polar surface area (TPSA) is 77.1 Å². The highest BCUT2D eigenvalue weighted by molar-refractivity contribution is 7.13. The quantitative estimate of drug-likeness (QED) is 0.659. The maximum atomic E-state index is 13.0. The summed E-state index contributed by atoms with van der Waals surface area (Å²) in [6, 6.07) is 5.56. The van der Waals surface area contributed by atoms with Gasteiger partial charge in [0.05, 0.1) is 10.8 Å². The fourth-order valence-electron chi connectivity index (χ4n) is 3.25. The van der Waals surface area contributed by atoms with E-state index < -0.39 is 18.0 Å². The van der Waals surface area contributed by atoms with Gasteiger partial charge >= 0.3 is 12.1 Å². The van der Waals surface area contributed by atoms with Crippen molar-refractivity contribution >= 4 is 17.2 Å². The van der Waals surface area contributed by atoms with Gasteiger partial charge in [-0.05, 0) is 30.4 Å². The number of halogens is 3. The van der Waals surface area contributed by atoms with Crippen molar-refractivity contribution in [3.05, 3.63) is 41.1 Å². The highest BCUT2D eigenvalue weighted by Gasteiger charge is 2.39. The first kappa shape index (κ1) is 18.7. The third kappa shape index (κ3) is 3.53. The van der Waals surface area contributed by atoms with Crippen LogP contribution in [0.4, 0.5) is 13.2 Å². The number of hydrogen-bond acceptors (Lipinski definition) is 6. The molecule has 0 saturated carbocycles. The number of hydrogen-bond donors (Lipinski definition) is 0.